The Labute approximate surface area is 105 Å². The fraction of sp³-hybridized carbons (Fsp3) is 0.600. The van der Waals surface area contributed by atoms with Gasteiger partial charge in [-0.25, -0.2) is 4.98 Å². The van der Waals surface area contributed by atoms with Crippen molar-refractivity contribution >= 4 is 34.8 Å². The van der Waals surface area contributed by atoms with E-state index < -0.39 is 0 Å². The summed E-state index contributed by atoms with van der Waals surface area (Å²) in [6.07, 6.45) is 0.926. The van der Waals surface area contributed by atoms with Crippen LogP contribution in [0.2, 0.25) is 0 Å². The van der Waals surface area contributed by atoms with Crippen LogP contribution in [-0.2, 0) is 4.79 Å². The molecule has 1 amide bonds. The van der Waals surface area contributed by atoms with Crippen LogP contribution in [0.25, 0.3) is 0 Å². The highest BCUT2D eigenvalue weighted by atomic mass is 35.5. The molecule has 2 N–H and O–H groups in total. The predicted octanol–water partition coefficient (Wildman–Crippen LogP) is 1.73. The van der Waals surface area contributed by atoms with E-state index >= 15 is 0 Å². The molecule has 1 aromatic heterocycles. The summed E-state index contributed by atoms with van der Waals surface area (Å²) in [6.45, 7) is 5.70. The van der Waals surface area contributed by atoms with Crippen molar-refractivity contribution in [2.24, 2.45) is 5.92 Å². The molecule has 1 saturated heterocycles. The number of aromatic nitrogens is 1. The highest BCUT2D eigenvalue weighted by Crippen LogP contribution is 2.22. The van der Waals surface area contributed by atoms with Crippen molar-refractivity contribution in [1.29, 1.82) is 0 Å². The number of nitrogens with zero attached hydrogens (tertiary/aromatic N) is 1. The number of halogens is 1. The Balaban J connectivity index is 0.00000128. The lowest BCUT2D eigenvalue weighted by Gasteiger charge is -2.06. The van der Waals surface area contributed by atoms with Gasteiger partial charge in [0.2, 0.25) is 5.91 Å². The number of hydrogen-bond acceptors (Lipinski definition) is 4. The number of rotatable bonds is 2. The Morgan fingerprint density at radius 1 is 1.56 bits per heavy atom. The normalized spacial score (nSPS) is 19.2. The maximum Gasteiger partial charge on any atom is 0.230 e. The molecule has 0 aromatic carbocycles. The molecule has 1 aliphatic heterocycles. The van der Waals surface area contributed by atoms with E-state index in [9.17, 15) is 4.79 Å². The van der Waals surface area contributed by atoms with Crippen LogP contribution in [-0.4, -0.2) is 24.0 Å². The van der Waals surface area contributed by atoms with Crippen molar-refractivity contribution in [2.75, 3.05) is 18.4 Å². The van der Waals surface area contributed by atoms with Crippen LogP contribution in [0, 0.1) is 19.8 Å². The number of anilines is 1. The molecule has 0 radical (unpaired) electrons. The van der Waals surface area contributed by atoms with Crippen LogP contribution >= 0.6 is 23.7 Å². The Morgan fingerprint density at radius 2 is 2.31 bits per heavy atom. The Kier molecular flexibility index (Phi) is 4.70. The second-order valence-electron chi connectivity index (χ2n) is 3.84. The lowest BCUT2D eigenvalue weighted by Crippen LogP contribution is -2.24. The number of thiazole rings is 1. The molecular formula is C10H16ClN3OS. The second kappa shape index (κ2) is 5.61. The van der Waals surface area contributed by atoms with Gasteiger partial charge in [-0.05, 0) is 26.8 Å². The molecule has 0 unspecified atom stereocenters. The van der Waals surface area contributed by atoms with E-state index in [4.69, 9.17) is 0 Å². The fourth-order valence-electron chi connectivity index (χ4n) is 1.61. The molecule has 6 heteroatoms. The molecule has 0 bridgehead atoms. The summed E-state index contributed by atoms with van der Waals surface area (Å²) in [5.74, 6) is 0.197. The maximum absolute atomic E-state index is 11.8. The minimum atomic E-state index is 0. The first-order valence-corrected chi connectivity index (χ1v) is 5.94. The number of nitrogens with one attached hydrogen (secondary N) is 2. The van der Waals surface area contributed by atoms with Gasteiger partial charge in [0.15, 0.2) is 5.13 Å². The van der Waals surface area contributed by atoms with Gasteiger partial charge >= 0.3 is 0 Å². The average Bonchev–Trinajstić information content (AvgIpc) is 2.77. The number of carbonyl (C=O) groups is 1. The molecule has 90 valence electrons. The molecule has 1 aromatic rings. The van der Waals surface area contributed by atoms with E-state index in [1.165, 1.54) is 11.3 Å². The van der Waals surface area contributed by atoms with Crippen LogP contribution in [0.1, 0.15) is 17.0 Å². The summed E-state index contributed by atoms with van der Waals surface area (Å²) in [5.41, 5.74) is 1.000. The number of amides is 1. The van der Waals surface area contributed by atoms with Crippen molar-refractivity contribution < 1.29 is 4.79 Å². The highest BCUT2D eigenvalue weighted by molar-refractivity contribution is 7.15. The highest BCUT2D eigenvalue weighted by Gasteiger charge is 2.23. The lowest BCUT2D eigenvalue weighted by molar-refractivity contribution is -0.119. The summed E-state index contributed by atoms with van der Waals surface area (Å²) in [7, 11) is 0. The quantitative estimate of drug-likeness (QED) is 0.853. The zero-order chi connectivity index (χ0) is 10.8. The van der Waals surface area contributed by atoms with E-state index in [1.54, 1.807) is 0 Å². The van der Waals surface area contributed by atoms with Gasteiger partial charge in [0.25, 0.3) is 0 Å². The van der Waals surface area contributed by atoms with Crippen LogP contribution in [0.5, 0.6) is 0 Å². The van der Waals surface area contributed by atoms with E-state index in [-0.39, 0.29) is 24.2 Å². The van der Waals surface area contributed by atoms with Crippen LogP contribution in [0.15, 0.2) is 0 Å². The van der Waals surface area contributed by atoms with Gasteiger partial charge in [0.05, 0.1) is 11.6 Å². The van der Waals surface area contributed by atoms with Gasteiger partial charge in [-0.15, -0.1) is 23.7 Å². The van der Waals surface area contributed by atoms with Crippen LogP contribution < -0.4 is 10.6 Å². The smallest absolute Gasteiger partial charge is 0.230 e. The predicted molar refractivity (Wildman–Crippen MR) is 68.4 cm³/mol. The first-order chi connectivity index (χ1) is 7.16. The third kappa shape index (κ3) is 2.93. The summed E-state index contributed by atoms with van der Waals surface area (Å²) in [6, 6.07) is 0. The molecule has 2 rings (SSSR count). The van der Waals surface area contributed by atoms with E-state index in [0.717, 1.165) is 35.2 Å². The molecule has 16 heavy (non-hydrogen) atoms. The lowest BCUT2D eigenvalue weighted by atomic mass is 10.1. The van der Waals surface area contributed by atoms with Crippen molar-refractivity contribution in [3.8, 4) is 0 Å². The molecule has 2 heterocycles. The summed E-state index contributed by atoms with van der Waals surface area (Å²) >= 11 is 1.54. The average molecular weight is 262 g/mol. The minimum Gasteiger partial charge on any atom is -0.316 e. The molecular weight excluding hydrogens is 246 g/mol. The molecule has 0 saturated carbocycles. The van der Waals surface area contributed by atoms with Crippen molar-refractivity contribution in [3.63, 3.8) is 0 Å². The van der Waals surface area contributed by atoms with E-state index in [1.807, 2.05) is 13.8 Å². The summed E-state index contributed by atoms with van der Waals surface area (Å²) in [4.78, 5) is 17.2. The second-order valence-corrected chi connectivity index (χ2v) is 5.04. The first-order valence-electron chi connectivity index (χ1n) is 5.12. The molecule has 1 fully saturated rings. The van der Waals surface area contributed by atoms with Crippen molar-refractivity contribution in [2.45, 2.75) is 20.3 Å². The van der Waals surface area contributed by atoms with Gasteiger partial charge < -0.3 is 10.6 Å². The van der Waals surface area contributed by atoms with Gasteiger partial charge in [-0.3, -0.25) is 4.79 Å². The summed E-state index contributed by atoms with van der Waals surface area (Å²) in [5, 5.41) is 6.78. The zero-order valence-electron chi connectivity index (χ0n) is 9.37. The monoisotopic (exact) mass is 261 g/mol. The Morgan fingerprint density at radius 3 is 2.81 bits per heavy atom. The zero-order valence-corrected chi connectivity index (χ0v) is 11.0. The van der Waals surface area contributed by atoms with E-state index in [2.05, 4.69) is 15.6 Å². The van der Waals surface area contributed by atoms with Crippen LogP contribution in [0.3, 0.4) is 0 Å². The number of aryl methyl sites for hydroxylation is 2. The molecule has 0 spiro atoms. The van der Waals surface area contributed by atoms with Gasteiger partial charge in [-0.1, -0.05) is 0 Å². The largest absolute Gasteiger partial charge is 0.316 e. The number of hydrogen-bond donors (Lipinski definition) is 2. The van der Waals surface area contributed by atoms with Gasteiger partial charge in [0, 0.05) is 11.4 Å². The third-order valence-corrected chi connectivity index (χ3v) is 3.68. The first kappa shape index (κ1) is 13.4. The Hall–Kier alpha value is -0.650. The van der Waals surface area contributed by atoms with Crippen LogP contribution in [0.4, 0.5) is 5.13 Å². The molecule has 1 aliphatic rings. The maximum atomic E-state index is 11.8. The third-order valence-electron chi connectivity index (χ3n) is 2.69. The SMILES string of the molecule is Cc1nc(NC(=O)[C@H]2CCNC2)sc1C.Cl. The number of carbonyl (C=O) groups excluding carboxylic acids is 1. The van der Waals surface area contributed by atoms with Crippen molar-refractivity contribution in [1.82, 2.24) is 10.3 Å². The standard InChI is InChI=1S/C10H15N3OS.ClH/c1-6-7(2)15-10(12-6)13-9(14)8-3-4-11-5-8;/h8,11H,3-5H2,1-2H3,(H,12,13,14);1H/t8-;/m0./s1. The van der Waals surface area contributed by atoms with Crippen molar-refractivity contribution in [3.05, 3.63) is 10.6 Å². The molecule has 4 nitrogen and oxygen atoms in total. The minimum absolute atomic E-state index is 0. The summed E-state index contributed by atoms with van der Waals surface area (Å²) < 4.78 is 0. The van der Waals surface area contributed by atoms with Gasteiger partial charge in [-0.2, -0.15) is 0 Å². The molecule has 0 aliphatic carbocycles. The fourth-order valence-corrected chi connectivity index (χ4v) is 2.43. The van der Waals surface area contributed by atoms with E-state index in [0.29, 0.717) is 0 Å². The molecule has 1 atom stereocenters. The Bertz CT molecular complexity index is 355. The topological polar surface area (TPSA) is 54.0 Å². The van der Waals surface area contributed by atoms with Gasteiger partial charge in [0.1, 0.15) is 0 Å².